The molecule has 4 heteroatoms. The Balaban J connectivity index is 1.65. The fraction of sp³-hybridized carbons (Fsp3) is 0.781. The van der Waals surface area contributed by atoms with Gasteiger partial charge < -0.3 is 0 Å². The first-order valence-corrected chi connectivity index (χ1v) is 36.3. The summed E-state index contributed by atoms with van der Waals surface area (Å²) in [7, 11) is -3.65. The molecule has 68 heavy (non-hydrogen) atoms. The second kappa shape index (κ2) is 30.9. The van der Waals surface area contributed by atoms with Gasteiger partial charge in [-0.05, 0) is 114 Å². The number of hydrogen-bond acceptors (Lipinski definition) is 2. The Hall–Kier alpha value is -0.946. The molecule has 0 radical (unpaired) electrons. The van der Waals surface area contributed by atoms with Crippen molar-refractivity contribution in [2.45, 2.75) is 323 Å². The van der Waals surface area contributed by atoms with Crippen molar-refractivity contribution in [3.8, 4) is 0 Å². The van der Waals surface area contributed by atoms with Gasteiger partial charge in [-0.3, -0.25) is 0 Å². The molecule has 2 aromatic carbocycles. The van der Waals surface area contributed by atoms with Gasteiger partial charge in [-0.15, -0.1) is 22.7 Å². The highest BCUT2D eigenvalue weighted by molar-refractivity contribution is 7.33. The Kier molecular flexibility index (Phi) is 27.1. The lowest BCUT2D eigenvalue weighted by molar-refractivity contribution is 0.535. The van der Waals surface area contributed by atoms with Crippen molar-refractivity contribution in [3.05, 3.63) is 35.4 Å². The molecule has 0 fully saturated rings. The Morgan fingerprint density at radius 1 is 0.294 bits per heavy atom. The maximum absolute atomic E-state index is 2.81. The fourth-order valence-corrected chi connectivity index (χ4v) is 34.7. The topological polar surface area (TPSA) is 0 Å². The van der Waals surface area contributed by atoms with Crippen molar-refractivity contribution in [2.24, 2.45) is 0 Å². The Labute approximate surface area is 434 Å². The molecular formula is C64H112S2Si2. The van der Waals surface area contributed by atoms with E-state index in [-0.39, 0.29) is 0 Å². The van der Waals surface area contributed by atoms with Crippen molar-refractivity contribution in [3.63, 3.8) is 0 Å². The van der Waals surface area contributed by atoms with E-state index in [1.54, 1.807) is 51.1 Å². The Morgan fingerprint density at radius 2 is 0.515 bits per heavy atom. The lowest BCUT2D eigenvalue weighted by Gasteiger charge is -2.42. The molecule has 4 rings (SSSR count). The molecule has 388 valence electrons. The van der Waals surface area contributed by atoms with Crippen LogP contribution in [0, 0.1) is 0 Å². The van der Waals surface area contributed by atoms with Gasteiger partial charge in [0, 0.05) is 20.2 Å². The minimum Gasteiger partial charge on any atom is -0.145 e. The second-order valence-electron chi connectivity index (χ2n) is 24.4. The number of fused-ring (bicyclic) bond motifs is 5. The Morgan fingerprint density at radius 3 is 0.735 bits per heavy atom. The molecule has 0 bridgehead atoms. The van der Waals surface area contributed by atoms with Crippen LogP contribution in [0.2, 0.25) is 33.2 Å². The highest BCUT2D eigenvalue weighted by Crippen LogP contribution is 2.48. The number of hydrogen-bond donors (Lipinski definition) is 0. The first-order valence-electron chi connectivity index (χ1n) is 30.2. The van der Waals surface area contributed by atoms with Crippen LogP contribution in [0.1, 0.15) is 288 Å². The summed E-state index contributed by atoms with van der Waals surface area (Å²) in [6.07, 6.45) is 42.3. The smallest absolute Gasteiger partial charge is 0.107 e. The largest absolute Gasteiger partial charge is 0.145 e. The van der Waals surface area contributed by atoms with E-state index in [0.29, 0.717) is 0 Å². The van der Waals surface area contributed by atoms with Gasteiger partial charge in [0.15, 0.2) is 0 Å². The van der Waals surface area contributed by atoms with Crippen LogP contribution in [-0.4, -0.2) is 16.1 Å². The molecule has 0 aliphatic heterocycles. The normalized spacial score (nSPS) is 13.1. The van der Waals surface area contributed by atoms with Crippen LogP contribution in [0.3, 0.4) is 0 Å². The summed E-state index contributed by atoms with van der Waals surface area (Å²) in [5.41, 5.74) is 7.65. The number of unbranched alkanes of at least 4 members (excludes halogenated alkanes) is 26. The van der Waals surface area contributed by atoms with Gasteiger partial charge in [-0.2, -0.15) is 0 Å². The van der Waals surface area contributed by atoms with E-state index in [9.17, 15) is 0 Å². The van der Waals surface area contributed by atoms with Crippen LogP contribution in [0.4, 0.5) is 0 Å². The third kappa shape index (κ3) is 15.5. The molecule has 0 saturated carbocycles. The molecule has 0 saturated heterocycles. The third-order valence-electron chi connectivity index (χ3n) is 17.7. The van der Waals surface area contributed by atoms with Gasteiger partial charge in [0.05, 0.1) is 0 Å². The molecular weight excluding hydrogens is 889 g/mol. The van der Waals surface area contributed by atoms with E-state index in [2.05, 4.69) is 144 Å². The molecule has 0 amide bonds. The third-order valence-corrected chi connectivity index (χ3v) is 36.0. The fourth-order valence-electron chi connectivity index (χ4n) is 14.3. The second-order valence-corrected chi connectivity index (χ2v) is 38.9. The van der Waals surface area contributed by atoms with Crippen LogP contribution in [0.25, 0.3) is 30.9 Å². The van der Waals surface area contributed by atoms with Crippen LogP contribution < -0.4 is 9.00 Å². The predicted molar refractivity (Wildman–Crippen MR) is 324 cm³/mol. The van der Waals surface area contributed by atoms with Gasteiger partial charge in [0.25, 0.3) is 0 Å². The molecule has 0 aliphatic rings. The van der Waals surface area contributed by atoms with Gasteiger partial charge in [0.2, 0.25) is 0 Å². The van der Waals surface area contributed by atoms with Gasteiger partial charge in [-0.1, -0.05) is 264 Å². The van der Waals surface area contributed by atoms with Crippen molar-refractivity contribution in [2.75, 3.05) is 0 Å². The maximum Gasteiger partial charge on any atom is 0.107 e. The van der Waals surface area contributed by atoms with E-state index in [1.165, 1.54) is 193 Å². The molecule has 0 N–H and O–H groups in total. The summed E-state index contributed by atoms with van der Waals surface area (Å²) in [5.74, 6) is 0. The van der Waals surface area contributed by atoms with Gasteiger partial charge in [-0.25, -0.2) is 0 Å². The standard InChI is InChI=1S/C64H112S2Si2/c1-15-17-19-21-23-25-27-29-31-33-35-37-39-41-43-55-45-57-58(59-47-61(65-63(55)59)67(49(3)4,50(5)6)51(7)8)46-56(44-42-40-38-36-34-32-30-28-26-24-22-20-18-16-2)64-60(57)48-62(66-64)68(52(9)10,53(11)12)54(13)14/h45-54H,15-44H2,1-14H3. The molecule has 0 aliphatic carbocycles. The zero-order valence-electron chi connectivity index (χ0n) is 47.8. The van der Waals surface area contributed by atoms with Crippen LogP contribution >= 0.6 is 22.7 Å². The summed E-state index contributed by atoms with van der Waals surface area (Å²) in [4.78, 5) is 0. The zero-order valence-corrected chi connectivity index (χ0v) is 51.4. The molecule has 0 unspecified atom stereocenters. The van der Waals surface area contributed by atoms with E-state index >= 15 is 0 Å². The molecule has 0 atom stereocenters. The lowest BCUT2D eigenvalue weighted by Crippen LogP contribution is -2.54. The summed E-state index contributed by atoms with van der Waals surface area (Å²) in [6.45, 7) is 35.5. The number of rotatable bonds is 38. The highest BCUT2D eigenvalue weighted by Gasteiger charge is 2.47. The quantitative estimate of drug-likeness (QED) is 0.0310. The van der Waals surface area contributed by atoms with E-state index in [1.807, 2.05) is 0 Å². The van der Waals surface area contributed by atoms with Crippen molar-refractivity contribution in [1.82, 2.24) is 0 Å². The predicted octanol–water partition coefficient (Wildman–Crippen LogP) is 23.1. The van der Waals surface area contributed by atoms with E-state index < -0.39 is 16.1 Å². The minimum absolute atomic E-state index is 0.722. The monoisotopic (exact) mass is 1000 g/mol. The number of thiophene rings is 2. The van der Waals surface area contributed by atoms with E-state index in [0.717, 1.165) is 33.2 Å². The molecule has 0 spiro atoms. The number of aryl methyl sites for hydroxylation is 2. The lowest BCUT2D eigenvalue weighted by atomic mass is 9.94. The minimum atomic E-state index is -1.82. The first kappa shape index (κ1) is 59.6. The molecule has 2 heterocycles. The SMILES string of the molecule is CCCCCCCCCCCCCCCCc1cc2c3cc([Si](C(C)C)(C(C)C)C(C)C)sc3c(CCCCCCCCCCCCCCCC)cc2c2cc([Si](C(C)C)(C(C)C)C(C)C)sc12. The average molecular weight is 1000 g/mol. The summed E-state index contributed by atoms with van der Waals surface area (Å²) < 4.78 is 6.86. The van der Waals surface area contributed by atoms with Crippen LogP contribution in [0.15, 0.2) is 24.3 Å². The molecule has 0 nitrogen and oxygen atoms in total. The van der Waals surface area contributed by atoms with Crippen molar-refractivity contribution < 1.29 is 0 Å². The van der Waals surface area contributed by atoms with Crippen LogP contribution in [0.5, 0.6) is 0 Å². The van der Waals surface area contributed by atoms with Gasteiger partial charge in [0.1, 0.15) is 16.1 Å². The van der Waals surface area contributed by atoms with Crippen molar-refractivity contribution >= 4 is 78.8 Å². The van der Waals surface area contributed by atoms with Crippen LogP contribution in [-0.2, 0) is 12.8 Å². The van der Waals surface area contributed by atoms with E-state index in [4.69, 9.17) is 0 Å². The highest BCUT2D eigenvalue weighted by atomic mass is 32.1. The molecule has 2 aromatic heterocycles. The number of benzene rings is 2. The van der Waals surface area contributed by atoms with Crippen molar-refractivity contribution in [1.29, 1.82) is 0 Å². The average Bonchev–Trinajstić information content (AvgIpc) is 3.93. The summed E-state index contributed by atoms with van der Waals surface area (Å²) in [5, 5.41) is 6.38. The first-order chi connectivity index (χ1) is 32.7. The Bertz CT molecular complexity index is 1790. The van der Waals surface area contributed by atoms with Gasteiger partial charge >= 0.3 is 0 Å². The summed E-state index contributed by atoms with van der Waals surface area (Å²) >= 11 is 4.52. The zero-order chi connectivity index (χ0) is 49.7. The summed E-state index contributed by atoms with van der Waals surface area (Å²) in [6, 6.07) is 11.2. The maximum atomic E-state index is 2.81. The molecule has 4 aromatic rings.